The molecule has 1 aromatic rings. The molecule has 4 nitrogen and oxygen atoms in total. The van der Waals surface area contributed by atoms with Gasteiger partial charge in [0.2, 0.25) is 0 Å². The molecule has 1 aliphatic rings. The van der Waals surface area contributed by atoms with Crippen molar-refractivity contribution in [2.75, 3.05) is 38.3 Å². The molecule has 0 N–H and O–H groups in total. The summed E-state index contributed by atoms with van der Waals surface area (Å²) in [5, 5.41) is 0. The number of carbonyl (C=O) groups excluding carboxylic acids is 1. The van der Waals surface area contributed by atoms with E-state index in [9.17, 15) is 4.79 Å². The van der Waals surface area contributed by atoms with Gasteiger partial charge in [0.25, 0.3) is 0 Å². The fourth-order valence-corrected chi connectivity index (χ4v) is 1.84. The first-order valence-electron chi connectivity index (χ1n) is 5.33. The highest BCUT2D eigenvalue weighted by molar-refractivity contribution is 5.95. The van der Waals surface area contributed by atoms with Crippen LogP contribution < -0.4 is 4.90 Å². The van der Waals surface area contributed by atoms with Crippen LogP contribution in [0.3, 0.4) is 0 Å². The third-order valence-electron chi connectivity index (χ3n) is 2.66. The lowest BCUT2D eigenvalue weighted by atomic mass is 10.1. The molecule has 0 bridgehead atoms. The van der Waals surface area contributed by atoms with Crippen LogP contribution >= 0.6 is 0 Å². The van der Waals surface area contributed by atoms with Crippen LogP contribution in [0.5, 0.6) is 0 Å². The second-order valence-corrected chi connectivity index (χ2v) is 3.61. The molecule has 1 saturated heterocycles. The zero-order valence-corrected chi connectivity index (χ0v) is 9.31. The molecule has 1 heterocycles. The number of hydrogen-bond donors (Lipinski definition) is 0. The molecule has 86 valence electrons. The van der Waals surface area contributed by atoms with Crippen LogP contribution in [0.4, 0.5) is 5.69 Å². The summed E-state index contributed by atoms with van der Waals surface area (Å²) in [5.41, 5.74) is 1.55. The molecule has 1 aromatic carbocycles. The number of anilines is 1. The zero-order chi connectivity index (χ0) is 11.4. The van der Waals surface area contributed by atoms with E-state index in [0.717, 1.165) is 18.8 Å². The maximum absolute atomic E-state index is 11.6. The van der Waals surface area contributed by atoms with Gasteiger partial charge in [-0.05, 0) is 12.1 Å². The third kappa shape index (κ3) is 2.17. The molecule has 0 radical (unpaired) electrons. The van der Waals surface area contributed by atoms with E-state index in [-0.39, 0.29) is 5.97 Å². The maximum Gasteiger partial charge on any atom is 0.339 e. The fourth-order valence-electron chi connectivity index (χ4n) is 1.84. The number of benzene rings is 1. The summed E-state index contributed by atoms with van der Waals surface area (Å²) in [7, 11) is 1.40. The van der Waals surface area contributed by atoms with Crippen molar-refractivity contribution >= 4 is 11.7 Å². The molecule has 0 spiro atoms. The smallest absolute Gasteiger partial charge is 0.339 e. The van der Waals surface area contributed by atoms with E-state index in [0.29, 0.717) is 18.8 Å². The van der Waals surface area contributed by atoms with Crippen LogP contribution in [0.15, 0.2) is 24.3 Å². The summed E-state index contributed by atoms with van der Waals surface area (Å²) >= 11 is 0. The van der Waals surface area contributed by atoms with E-state index in [1.165, 1.54) is 7.11 Å². The maximum atomic E-state index is 11.6. The van der Waals surface area contributed by atoms with Gasteiger partial charge in [0, 0.05) is 13.1 Å². The van der Waals surface area contributed by atoms with Crippen molar-refractivity contribution in [1.29, 1.82) is 0 Å². The van der Waals surface area contributed by atoms with E-state index in [1.807, 2.05) is 18.2 Å². The highest BCUT2D eigenvalue weighted by Gasteiger charge is 2.18. The summed E-state index contributed by atoms with van der Waals surface area (Å²) in [6, 6.07) is 7.50. The first-order valence-corrected chi connectivity index (χ1v) is 5.33. The Labute approximate surface area is 94.8 Å². The lowest BCUT2D eigenvalue weighted by Crippen LogP contribution is -2.37. The highest BCUT2D eigenvalue weighted by atomic mass is 16.5. The van der Waals surface area contributed by atoms with Crippen LogP contribution in [0.1, 0.15) is 10.4 Å². The predicted octanol–water partition coefficient (Wildman–Crippen LogP) is 1.31. The molecule has 0 aliphatic carbocycles. The Kier molecular flexibility index (Phi) is 3.41. The Morgan fingerprint density at radius 2 is 2.00 bits per heavy atom. The number of morpholine rings is 1. The first kappa shape index (κ1) is 11.0. The van der Waals surface area contributed by atoms with Gasteiger partial charge in [-0.15, -0.1) is 0 Å². The molecule has 2 rings (SSSR count). The van der Waals surface area contributed by atoms with Gasteiger partial charge in [0.05, 0.1) is 31.6 Å². The Morgan fingerprint density at radius 3 is 2.69 bits per heavy atom. The van der Waals surface area contributed by atoms with Crippen LogP contribution in [0.25, 0.3) is 0 Å². The van der Waals surface area contributed by atoms with Gasteiger partial charge >= 0.3 is 5.97 Å². The Bertz CT molecular complexity index is 372. The molecule has 4 heteroatoms. The topological polar surface area (TPSA) is 38.8 Å². The van der Waals surface area contributed by atoms with E-state index < -0.39 is 0 Å². The van der Waals surface area contributed by atoms with Crippen molar-refractivity contribution < 1.29 is 14.3 Å². The van der Waals surface area contributed by atoms with Crippen molar-refractivity contribution in [3.8, 4) is 0 Å². The Balaban J connectivity index is 2.28. The number of para-hydroxylation sites is 1. The second-order valence-electron chi connectivity index (χ2n) is 3.61. The van der Waals surface area contributed by atoms with Crippen molar-refractivity contribution in [2.24, 2.45) is 0 Å². The van der Waals surface area contributed by atoms with Crippen molar-refractivity contribution in [3.63, 3.8) is 0 Å². The van der Waals surface area contributed by atoms with Gasteiger partial charge < -0.3 is 14.4 Å². The lowest BCUT2D eigenvalue weighted by Gasteiger charge is -2.30. The van der Waals surface area contributed by atoms with Crippen LogP contribution in [-0.4, -0.2) is 39.4 Å². The fraction of sp³-hybridized carbons (Fsp3) is 0.417. The van der Waals surface area contributed by atoms with E-state index in [1.54, 1.807) is 6.07 Å². The normalized spacial score (nSPS) is 15.9. The van der Waals surface area contributed by atoms with E-state index in [2.05, 4.69) is 4.90 Å². The number of rotatable bonds is 2. The predicted molar refractivity (Wildman–Crippen MR) is 60.8 cm³/mol. The average Bonchev–Trinajstić information content (AvgIpc) is 2.39. The molecule has 1 aliphatic heterocycles. The third-order valence-corrected chi connectivity index (χ3v) is 2.66. The minimum Gasteiger partial charge on any atom is -0.465 e. The summed E-state index contributed by atoms with van der Waals surface area (Å²) in [4.78, 5) is 13.7. The summed E-state index contributed by atoms with van der Waals surface area (Å²) in [6.45, 7) is 3.03. The average molecular weight is 221 g/mol. The summed E-state index contributed by atoms with van der Waals surface area (Å²) in [5.74, 6) is -0.290. The number of ether oxygens (including phenoxy) is 2. The minimum absolute atomic E-state index is 0.290. The molecule has 0 atom stereocenters. The van der Waals surface area contributed by atoms with Crippen LogP contribution in [-0.2, 0) is 9.47 Å². The quantitative estimate of drug-likeness (QED) is 0.706. The number of hydrogen-bond acceptors (Lipinski definition) is 4. The molecular weight excluding hydrogens is 206 g/mol. The largest absolute Gasteiger partial charge is 0.465 e. The molecule has 1 fully saturated rings. The van der Waals surface area contributed by atoms with Crippen LogP contribution in [0, 0.1) is 0 Å². The standard InChI is InChI=1S/C12H15NO3/c1-15-12(14)10-4-2-3-5-11(10)13-6-8-16-9-7-13/h2-5H,6-9H2,1H3. The van der Waals surface area contributed by atoms with E-state index in [4.69, 9.17) is 9.47 Å². The highest BCUT2D eigenvalue weighted by Crippen LogP contribution is 2.21. The van der Waals surface area contributed by atoms with Crippen molar-refractivity contribution in [2.45, 2.75) is 0 Å². The van der Waals surface area contributed by atoms with Gasteiger partial charge in [-0.1, -0.05) is 12.1 Å². The molecule has 0 aromatic heterocycles. The van der Waals surface area contributed by atoms with E-state index >= 15 is 0 Å². The first-order chi connectivity index (χ1) is 7.83. The number of methoxy groups -OCH3 is 1. The Hall–Kier alpha value is -1.55. The zero-order valence-electron chi connectivity index (χ0n) is 9.31. The molecule has 0 saturated carbocycles. The Morgan fingerprint density at radius 1 is 1.31 bits per heavy atom. The minimum atomic E-state index is -0.290. The molecule has 16 heavy (non-hydrogen) atoms. The number of nitrogens with zero attached hydrogens (tertiary/aromatic N) is 1. The summed E-state index contributed by atoms with van der Waals surface area (Å²) in [6.07, 6.45) is 0. The van der Waals surface area contributed by atoms with Gasteiger partial charge in [-0.3, -0.25) is 0 Å². The van der Waals surface area contributed by atoms with Gasteiger partial charge in [-0.25, -0.2) is 4.79 Å². The molecule has 0 unspecified atom stereocenters. The van der Waals surface area contributed by atoms with Gasteiger partial charge in [-0.2, -0.15) is 0 Å². The van der Waals surface area contributed by atoms with Crippen molar-refractivity contribution in [1.82, 2.24) is 0 Å². The molecule has 0 amide bonds. The summed E-state index contributed by atoms with van der Waals surface area (Å²) < 4.78 is 10.1. The lowest BCUT2D eigenvalue weighted by molar-refractivity contribution is 0.0600. The van der Waals surface area contributed by atoms with Crippen LogP contribution in [0.2, 0.25) is 0 Å². The second kappa shape index (κ2) is 4.99. The monoisotopic (exact) mass is 221 g/mol. The SMILES string of the molecule is COC(=O)c1ccccc1N1CCOCC1. The van der Waals surface area contributed by atoms with Crippen molar-refractivity contribution in [3.05, 3.63) is 29.8 Å². The number of esters is 1. The molecular formula is C12H15NO3. The van der Waals surface area contributed by atoms with Gasteiger partial charge in [0.15, 0.2) is 0 Å². The van der Waals surface area contributed by atoms with Gasteiger partial charge in [0.1, 0.15) is 0 Å². The number of carbonyl (C=O) groups is 1.